The van der Waals surface area contributed by atoms with Crippen molar-refractivity contribution in [2.45, 2.75) is 26.2 Å². The minimum Gasteiger partial charge on any atom is -0.477 e. The highest BCUT2D eigenvalue weighted by Crippen LogP contribution is 2.22. The standard InChI is InChI=1S/C20H21N5O4S/c1-10(2)11-3-5-12(6-4-11)22-20(29)25-18-16(17(21)26)23-15(24-18)9-13-7-8-14(30-13)19(27)28/h3-8,10H,9H2,1-2H3,(H2,21,26)(H,23,24)(H,27,28)(H2,22,25,29). The number of imidazole rings is 1. The lowest BCUT2D eigenvalue weighted by Crippen LogP contribution is -2.22. The number of hydrogen-bond donors (Lipinski definition) is 5. The Labute approximate surface area is 176 Å². The lowest BCUT2D eigenvalue weighted by molar-refractivity contribution is 0.0702. The summed E-state index contributed by atoms with van der Waals surface area (Å²) in [6.45, 7) is 4.16. The highest BCUT2D eigenvalue weighted by Gasteiger charge is 2.18. The van der Waals surface area contributed by atoms with Gasteiger partial charge >= 0.3 is 12.0 Å². The molecular formula is C20H21N5O4S. The van der Waals surface area contributed by atoms with Crippen molar-refractivity contribution in [2.24, 2.45) is 5.73 Å². The van der Waals surface area contributed by atoms with Gasteiger partial charge in [0.15, 0.2) is 5.82 Å². The van der Waals surface area contributed by atoms with Gasteiger partial charge in [-0.1, -0.05) is 26.0 Å². The van der Waals surface area contributed by atoms with Crippen molar-refractivity contribution in [3.05, 3.63) is 63.2 Å². The molecule has 0 aliphatic rings. The van der Waals surface area contributed by atoms with Crippen molar-refractivity contribution < 1.29 is 19.5 Å². The Balaban J connectivity index is 1.71. The van der Waals surface area contributed by atoms with E-state index in [0.717, 1.165) is 21.8 Å². The summed E-state index contributed by atoms with van der Waals surface area (Å²) in [5.41, 5.74) is 7.08. The summed E-state index contributed by atoms with van der Waals surface area (Å²) in [5.74, 6) is -1.03. The molecule has 0 unspecified atom stereocenters. The number of aromatic amines is 1. The second-order valence-electron chi connectivity index (χ2n) is 6.88. The third-order valence-electron chi connectivity index (χ3n) is 4.28. The van der Waals surface area contributed by atoms with Crippen LogP contribution < -0.4 is 16.4 Å². The molecular weight excluding hydrogens is 406 g/mol. The highest BCUT2D eigenvalue weighted by molar-refractivity contribution is 7.13. The smallest absolute Gasteiger partial charge is 0.345 e. The molecule has 10 heteroatoms. The number of aromatic carboxylic acids is 1. The lowest BCUT2D eigenvalue weighted by Gasteiger charge is -2.09. The first-order chi connectivity index (χ1) is 14.2. The largest absolute Gasteiger partial charge is 0.477 e. The number of carboxylic acid groups (broad SMARTS) is 1. The van der Waals surface area contributed by atoms with Crippen LogP contribution in [0.25, 0.3) is 0 Å². The zero-order chi connectivity index (χ0) is 21.8. The van der Waals surface area contributed by atoms with Crippen LogP contribution in [0.1, 0.15) is 56.2 Å². The molecule has 0 bridgehead atoms. The lowest BCUT2D eigenvalue weighted by atomic mass is 10.0. The Hall–Kier alpha value is -3.66. The summed E-state index contributed by atoms with van der Waals surface area (Å²) in [7, 11) is 0. The minimum atomic E-state index is -1.01. The van der Waals surface area contributed by atoms with E-state index in [-0.39, 0.29) is 22.8 Å². The summed E-state index contributed by atoms with van der Waals surface area (Å²) < 4.78 is 0. The second-order valence-corrected chi connectivity index (χ2v) is 8.04. The van der Waals surface area contributed by atoms with Crippen LogP contribution in [0.3, 0.4) is 0 Å². The van der Waals surface area contributed by atoms with E-state index in [9.17, 15) is 14.4 Å². The van der Waals surface area contributed by atoms with Crippen molar-refractivity contribution in [3.63, 3.8) is 0 Å². The first-order valence-electron chi connectivity index (χ1n) is 9.11. The molecule has 3 amide bonds. The summed E-state index contributed by atoms with van der Waals surface area (Å²) in [5, 5.41) is 14.2. The number of H-pyrrole nitrogens is 1. The van der Waals surface area contributed by atoms with Gasteiger partial charge in [-0.15, -0.1) is 11.3 Å². The number of benzene rings is 1. The number of carbonyl (C=O) groups excluding carboxylic acids is 2. The minimum absolute atomic E-state index is 0.00353. The summed E-state index contributed by atoms with van der Waals surface area (Å²) in [6.07, 6.45) is 0.262. The average molecular weight is 427 g/mol. The number of nitrogens with one attached hydrogen (secondary N) is 3. The third-order valence-corrected chi connectivity index (χ3v) is 5.35. The first kappa shape index (κ1) is 21.1. The van der Waals surface area contributed by atoms with Gasteiger partial charge in [0.1, 0.15) is 16.4 Å². The number of hydrogen-bond acceptors (Lipinski definition) is 5. The zero-order valence-corrected chi connectivity index (χ0v) is 17.2. The molecule has 2 heterocycles. The van der Waals surface area contributed by atoms with Crippen LogP contribution in [0.4, 0.5) is 16.3 Å². The number of aromatic nitrogens is 2. The van der Waals surface area contributed by atoms with Gasteiger partial charge in [0.05, 0.1) is 0 Å². The molecule has 2 aromatic heterocycles. The van der Waals surface area contributed by atoms with Gasteiger partial charge in [-0.25, -0.2) is 14.6 Å². The Morgan fingerprint density at radius 2 is 1.83 bits per heavy atom. The molecule has 0 aliphatic heterocycles. The highest BCUT2D eigenvalue weighted by atomic mass is 32.1. The number of anilines is 2. The number of rotatable bonds is 7. The van der Waals surface area contributed by atoms with Crippen molar-refractivity contribution in [2.75, 3.05) is 10.6 Å². The SMILES string of the molecule is CC(C)c1ccc(NC(=O)Nc2nc(Cc3ccc(C(=O)O)s3)[nH]c2C(N)=O)cc1. The molecule has 0 saturated carbocycles. The molecule has 3 aromatic rings. The van der Waals surface area contributed by atoms with E-state index in [1.165, 1.54) is 6.07 Å². The van der Waals surface area contributed by atoms with E-state index in [1.54, 1.807) is 18.2 Å². The number of nitrogens with zero attached hydrogens (tertiary/aromatic N) is 1. The Bertz CT molecular complexity index is 1090. The molecule has 30 heavy (non-hydrogen) atoms. The number of thiophene rings is 1. The van der Waals surface area contributed by atoms with Gasteiger partial charge in [-0.05, 0) is 35.7 Å². The van der Waals surface area contributed by atoms with Crippen molar-refractivity contribution in [3.8, 4) is 0 Å². The fourth-order valence-electron chi connectivity index (χ4n) is 2.75. The Kier molecular flexibility index (Phi) is 6.17. The molecule has 0 saturated heterocycles. The Morgan fingerprint density at radius 3 is 2.40 bits per heavy atom. The molecule has 0 fully saturated rings. The molecule has 1 aromatic carbocycles. The van der Waals surface area contributed by atoms with E-state index < -0.39 is 17.9 Å². The van der Waals surface area contributed by atoms with Crippen LogP contribution in [0.15, 0.2) is 36.4 Å². The topological polar surface area (TPSA) is 150 Å². The third kappa shape index (κ3) is 5.03. The molecule has 0 spiro atoms. The van der Waals surface area contributed by atoms with E-state index in [0.29, 0.717) is 17.4 Å². The van der Waals surface area contributed by atoms with E-state index in [4.69, 9.17) is 10.8 Å². The monoisotopic (exact) mass is 427 g/mol. The fourth-order valence-corrected chi connectivity index (χ4v) is 3.60. The van der Waals surface area contributed by atoms with Gasteiger partial charge in [0, 0.05) is 17.0 Å². The van der Waals surface area contributed by atoms with Gasteiger partial charge in [-0.3, -0.25) is 10.1 Å². The van der Waals surface area contributed by atoms with Crippen LogP contribution >= 0.6 is 11.3 Å². The average Bonchev–Trinajstić information content (AvgIpc) is 3.29. The number of urea groups is 1. The molecule has 3 rings (SSSR count). The normalized spacial score (nSPS) is 10.8. The Morgan fingerprint density at radius 1 is 1.13 bits per heavy atom. The maximum Gasteiger partial charge on any atom is 0.345 e. The fraction of sp³-hybridized carbons (Fsp3) is 0.200. The van der Waals surface area contributed by atoms with E-state index >= 15 is 0 Å². The molecule has 0 atom stereocenters. The van der Waals surface area contributed by atoms with Crippen molar-refractivity contribution in [1.29, 1.82) is 0 Å². The second kappa shape index (κ2) is 8.78. The van der Waals surface area contributed by atoms with Gasteiger partial charge in [0.25, 0.3) is 5.91 Å². The summed E-state index contributed by atoms with van der Waals surface area (Å²) >= 11 is 1.10. The summed E-state index contributed by atoms with van der Waals surface area (Å²) in [4.78, 5) is 43.0. The van der Waals surface area contributed by atoms with Crippen LogP contribution in [-0.4, -0.2) is 33.0 Å². The molecule has 0 aliphatic carbocycles. The molecule has 0 radical (unpaired) electrons. The number of carboxylic acids is 1. The zero-order valence-electron chi connectivity index (χ0n) is 16.4. The number of nitrogens with two attached hydrogens (primary N) is 1. The van der Waals surface area contributed by atoms with E-state index in [1.807, 2.05) is 12.1 Å². The maximum atomic E-state index is 12.3. The molecule has 156 valence electrons. The molecule has 6 N–H and O–H groups in total. The quantitative estimate of drug-likeness (QED) is 0.390. The van der Waals surface area contributed by atoms with Crippen LogP contribution in [0.5, 0.6) is 0 Å². The van der Waals surface area contributed by atoms with E-state index in [2.05, 4.69) is 34.4 Å². The summed E-state index contributed by atoms with van der Waals surface area (Å²) in [6, 6.07) is 10.0. The predicted molar refractivity (Wildman–Crippen MR) is 114 cm³/mol. The van der Waals surface area contributed by atoms with Crippen LogP contribution in [0, 0.1) is 0 Å². The maximum absolute atomic E-state index is 12.3. The number of amides is 3. The van der Waals surface area contributed by atoms with Gasteiger partial charge in [0.2, 0.25) is 0 Å². The van der Waals surface area contributed by atoms with Gasteiger partial charge < -0.3 is 21.1 Å². The van der Waals surface area contributed by atoms with Crippen LogP contribution in [-0.2, 0) is 6.42 Å². The molecule has 9 nitrogen and oxygen atoms in total. The van der Waals surface area contributed by atoms with Gasteiger partial charge in [-0.2, -0.15) is 0 Å². The predicted octanol–water partition coefficient (Wildman–Crippen LogP) is 3.63. The number of primary amides is 1. The number of carbonyl (C=O) groups is 3. The first-order valence-corrected chi connectivity index (χ1v) is 9.93. The van der Waals surface area contributed by atoms with Crippen LogP contribution in [0.2, 0.25) is 0 Å². The van der Waals surface area contributed by atoms with Crippen molar-refractivity contribution >= 4 is 40.7 Å². The van der Waals surface area contributed by atoms with Crippen molar-refractivity contribution in [1.82, 2.24) is 9.97 Å².